The first-order valence-electron chi connectivity index (χ1n) is 11.7. The second-order valence-corrected chi connectivity index (χ2v) is 8.76. The Hall–Kier alpha value is -2.71. The lowest BCUT2D eigenvalue weighted by atomic mass is 10.1. The number of carbonyl (C=O) groups excluding carboxylic acids is 1. The van der Waals surface area contributed by atoms with Crippen LogP contribution in [0.1, 0.15) is 32.3 Å². The van der Waals surface area contributed by atoms with Gasteiger partial charge in [0, 0.05) is 24.5 Å². The standard InChI is InChI=1S/C26H35NO6S/c1-3-17-33-26(30)27(15-8-19-34-23-9-6-5-7-10-23)16-18-32-22-13-11-21(12-14-22)20-24(25(28)29)31-4-2/h5-7,9-14,24H,3-4,8,15-20H2,1-2H3,(H,28,29). The molecular weight excluding hydrogens is 454 g/mol. The topological polar surface area (TPSA) is 85.3 Å². The van der Waals surface area contributed by atoms with Crippen molar-refractivity contribution in [2.45, 2.75) is 44.1 Å². The van der Waals surface area contributed by atoms with E-state index < -0.39 is 12.1 Å². The van der Waals surface area contributed by atoms with Crippen molar-refractivity contribution in [1.29, 1.82) is 0 Å². The minimum atomic E-state index is -0.973. The lowest BCUT2D eigenvalue weighted by Crippen LogP contribution is -2.36. The molecule has 0 spiro atoms. The van der Waals surface area contributed by atoms with Gasteiger partial charge in [0.1, 0.15) is 12.4 Å². The van der Waals surface area contributed by atoms with Gasteiger partial charge in [0.15, 0.2) is 6.10 Å². The third-order valence-electron chi connectivity index (χ3n) is 4.89. The number of aliphatic carboxylic acids is 1. The highest BCUT2D eigenvalue weighted by molar-refractivity contribution is 7.99. The molecule has 0 radical (unpaired) electrons. The van der Waals surface area contributed by atoms with Gasteiger partial charge in [0.2, 0.25) is 0 Å². The largest absolute Gasteiger partial charge is 0.492 e. The smallest absolute Gasteiger partial charge is 0.409 e. The molecule has 2 aromatic carbocycles. The molecule has 1 amide bonds. The Labute approximate surface area is 206 Å². The van der Waals surface area contributed by atoms with E-state index in [0.29, 0.717) is 45.1 Å². The number of hydrogen-bond acceptors (Lipinski definition) is 6. The van der Waals surface area contributed by atoms with Gasteiger partial charge in [-0.05, 0) is 55.3 Å². The van der Waals surface area contributed by atoms with Crippen LogP contribution in [-0.4, -0.2) is 66.8 Å². The van der Waals surface area contributed by atoms with Crippen LogP contribution >= 0.6 is 11.8 Å². The highest BCUT2D eigenvalue weighted by Crippen LogP contribution is 2.18. The van der Waals surface area contributed by atoms with Gasteiger partial charge in [0.25, 0.3) is 0 Å². The average Bonchev–Trinajstić information content (AvgIpc) is 2.85. The Balaban J connectivity index is 1.81. The highest BCUT2D eigenvalue weighted by atomic mass is 32.2. The van der Waals surface area contributed by atoms with Gasteiger partial charge in [-0.3, -0.25) is 0 Å². The summed E-state index contributed by atoms with van der Waals surface area (Å²) in [5.41, 5.74) is 0.855. The summed E-state index contributed by atoms with van der Waals surface area (Å²) in [6.45, 7) is 5.84. The summed E-state index contributed by atoms with van der Waals surface area (Å²) in [6, 6.07) is 17.5. The third kappa shape index (κ3) is 10.5. The summed E-state index contributed by atoms with van der Waals surface area (Å²) >= 11 is 1.77. The van der Waals surface area contributed by atoms with E-state index in [0.717, 1.165) is 24.2 Å². The highest BCUT2D eigenvalue weighted by Gasteiger charge is 2.18. The van der Waals surface area contributed by atoms with E-state index in [-0.39, 0.29) is 6.09 Å². The van der Waals surface area contributed by atoms with Crippen LogP contribution in [0.15, 0.2) is 59.5 Å². The molecule has 0 fully saturated rings. The number of amides is 1. The molecule has 7 nitrogen and oxygen atoms in total. The molecule has 1 atom stereocenters. The Morgan fingerprint density at radius 1 is 1.00 bits per heavy atom. The predicted octanol–water partition coefficient (Wildman–Crippen LogP) is 5.13. The van der Waals surface area contributed by atoms with Crippen molar-refractivity contribution >= 4 is 23.8 Å². The summed E-state index contributed by atoms with van der Waals surface area (Å²) in [6.07, 6.45) is 0.737. The molecule has 0 aliphatic heterocycles. The fourth-order valence-electron chi connectivity index (χ4n) is 3.17. The molecule has 1 N–H and O–H groups in total. The van der Waals surface area contributed by atoms with Crippen molar-refractivity contribution < 1.29 is 28.9 Å². The van der Waals surface area contributed by atoms with Crippen molar-refractivity contribution in [3.63, 3.8) is 0 Å². The van der Waals surface area contributed by atoms with Crippen LogP contribution in [0.25, 0.3) is 0 Å². The molecule has 0 aromatic heterocycles. The van der Waals surface area contributed by atoms with Crippen LogP contribution < -0.4 is 4.74 Å². The maximum absolute atomic E-state index is 12.4. The normalized spacial score (nSPS) is 11.6. The van der Waals surface area contributed by atoms with Gasteiger partial charge in [0.05, 0.1) is 13.2 Å². The van der Waals surface area contributed by atoms with Crippen LogP contribution in [-0.2, 0) is 20.7 Å². The summed E-state index contributed by atoms with van der Waals surface area (Å²) in [4.78, 5) is 26.6. The van der Waals surface area contributed by atoms with Crippen molar-refractivity contribution in [1.82, 2.24) is 4.90 Å². The number of thioether (sulfide) groups is 1. The number of carboxylic acid groups (broad SMARTS) is 1. The SMILES string of the molecule is CCCOC(=O)N(CCCSc1ccccc1)CCOc1ccc(CC(OCC)C(=O)O)cc1. The Morgan fingerprint density at radius 2 is 1.74 bits per heavy atom. The summed E-state index contributed by atoms with van der Waals surface area (Å²) in [5.74, 6) is 0.594. The molecule has 0 saturated heterocycles. The van der Waals surface area contributed by atoms with E-state index in [1.165, 1.54) is 4.90 Å². The van der Waals surface area contributed by atoms with E-state index in [1.54, 1.807) is 35.7 Å². The first-order valence-corrected chi connectivity index (χ1v) is 12.7. The molecule has 2 aromatic rings. The van der Waals surface area contributed by atoms with E-state index in [2.05, 4.69) is 12.1 Å². The fraction of sp³-hybridized carbons (Fsp3) is 0.462. The molecule has 186 valence electrons. The minimum absolute atomic E-state index is 0.293. The monoisotopic (exact) mass is 489 g/mol. The molecule has 0 saturated carbocycles. The first kappa shape index (κ1) is 27.5. The number of hydrogen-bond donors (Lipinski definition) is 1. The van der Waals surface area contributed by atoms with Crippen molar-refractivity contribution in [3.8, 4) is 5.75 Å². The van der Waals surface area contributed by atoms with Crippen LogP contribution in [0.5, 0.6) is 5.75 Å². The van der Waals surface area contributed by atoms with E-state index in [4.69, 9.17) is 14.2 Å². The lowest BCUT2D eigenvalue weighted by molar-refractivity contribution is -0.149. The molecule has 8 heteroatoms. The molecule has 0 aliphatic carbocycles. The molecular formula is C26H35NO6S. The molecule has 0 bridgehead atoms. The zero-order chi connectivity index (χ0) is 24.6. The summed E-state index contributed by atoms with van der Waals surface area (Å²) in [5, 5.41) is 9.23. The Bertz CT molecular complexity index is 846. The Kier molecular flexibility index (Phi) is 13.0. The zero-order valence-corrected chi connectivity index (χ0v) is 20.8. The number of rotatable bonds is 16. The van der Waals surface area contributed by atoms with Gasteiger partial charge in [-0.15, -0.1) is 11.8 Å². The quantitative estimate of drug-likeness (QED) is 0.258. The fourth-order valence-corrected chi connectivity index (χ4v) is 4.02. The molecule has 1 unspecified atom stereocenters. The first-order chi connectivity index (χ1) is 16.5. The predicted molar refractivity (Wildman–Crippen MR) is 134 cm³/mol. The second kappa shape index (κ2) is 16.0. The molecule has 0 heterocycles. The number of ether oxygens (including phenoxy) is 3. The summed E-state index contributed by atoms with van der Waals surface area (Å²) < 4.78 is 16.4. The molecule has 2 rings (SSSR count). The van der Waals surface area contributed by atoms with Crippen molar-refractivity contribution in [3.05, 3.63) is 60.2 Å². The number of benzene rings is 2. The van der Waals surface area contributed by atoms with Crippen LogP contribution in [0.2, 0.25) is 0 Å². The van der Waals surface area contributed by atoms with Gasteiger partial charge >= 0.3 is 12.1 Å². The van der Waals surface area contributed by atoms with Crippen LogP contribution in [0.4, 0.5) is 4.79 Å². The average molecular weight is 490 g/mol. The van der Waals surface area contributed by atoms with Crippen molar-refractivity contribution in [2.24, 2.45) is 0 Å². The maximum atomic E-state index is 12.4. The minimum Gasteiger partial charge on any atom is -0.492 e. The number of carbonyl (C=O) groups is 2. The van der Waals surface area contributed by atoms with E-state index in [1.807, 2.05) is 37.3 Å². The maximum Gasteiger partial charge on any atom is 0.409 e. The van der Waals surface area contributed by atoms with E-state index >= 15 is 0 Å². The van der Waals surface area contributed by atoms with Gasteiger partial charge in [-0.2, -0.15) is 0 Å². The zero-order valence-electron chi connectivity index (χ0n) is 20.0. The van der Waals surface area contributed by atoms with Gasteiger partial charge in [-0.1, -0.05) is 37.3 Å². The number of nitrogens with zero attached hydrogens (tertiary/aromatic N) is 1. The lowest BCUT2D eigenvalue weighted by Gasteiger charge is -2.22. The molecule has 34 heavy (non-hydrogen) atoms. The number of carboxylic acids is 1. The third-order valence-corrected chi connectivity index (χ3v) is 5.99. The van der Waals surface area contributed by atoms with Crippen LogP contribution in [0.3, 0.4) is 0 Å². The second-order valence-electron chi connectivity index (χ2n) is 7.60. The van der Waals surface area contributed by atoms with Gasteiger partial charge in [-0.25, -0.2) is 9.59 Å². The summed E-state index contributed by atoms with van der Waals surface area (Å²) in [7, 11) is 0. The molecule has 0 aliphatic rings. The Morgan fingerprint density at radius 3 is 2.38 bits per heavy atom. The van der Waals surface area contributed by atoms with Gasteiger partial charge < -0.3 is 24.2 Å². The van der Waals surface area contributed by atoms with Crippen LogP contribution in [0, 0.1) is 0 Å². The van der Waals surface area contributed by atoms with E-state index in [9.17, 15) is 14.7 Å². The van der Waals surface area contributed by atoms with Crippen molar-refractivity contribution in [2.75, 3.05) is 38.7 Å².